The lowest BCUT2D eigenvalue weighted by atomic mass is 10.0. The Kier molecular flexibility index (Phi) is 4.43. The van der Waals surface area contributed by atoms with Crippen molar-refractivity contribution in [3.8, 4) is 0 Å². The average molecular weight is 346 g/mol. The fraction of sp³-hybridized carbons (Fsp3) is 0.667. The van der Waals surface area contributed by atoms with Gasteiger partial charge in [0.1, 0.15) is 5.82 Å². The van der Waals surface area contributed by atoms with Crippen molar-refractivity contribution < 1.29 is 0 Å². The van der Waals surface area contributed by atoms with Crippen molar-refractivity contribution in [1.29, 1.82) is 0 Å². The minimum absolute atomic E-state index is 0.765. The van der Waals surface area contributed by atoms with E-state index in [1.54, 1.807) is 0 Å². The number of hydrogen-bond acceptors (Lipinski definition) is 5. The zero-order chi connectivity index (χ0) is 16.7. The van der Waals surface area contributed by atoms with Crippen molar-refractivity contribution in [2.75, 3.05) is 42.6 Å². The van der Waals surface area contributed by atoms with Gasteiger partial charge >= 0.3 is 0 Å². The summed E-state index contributed by atoms with van der Waals surface area (Å²) in [7, 11) is 0. The molecule has 0 N–H and O–H groups in total. The number of piperidine rings is 1. The summed E-state index contributed by atoms with van der Waals surface area (Å²) < 4.78 is 2.05. The van der Waals surface area contributed by atoms with Gasteiger partial charge in [-0.2, -0.15) is 21.4 Å². The molecule has 2 saturated heterocycles. The van der Waals surface area contributed by atoms with E-state index in [1.807, 2.05) is 0 Å². The Bertz CT molecular complexity index is 727. The Morgan fingerprint density at radius 2 is 1.75 bits per heavy atom. The molecule has 2 aromatic heterocycles. The second-order valence-electron chi connectivity index (χ2n) is 7.07. The van der Waals surface area contributed by atoms with Crippen LogP contribution in [-0.2, 0) is 0 Å². The molecule has 0 saturated carbocycles. The molecular weight excluding hydrogens is 318 g/mol. The fourth-order valence-electron chi connectivity index (χ4n) is 3.96. The number of rotatable bonds is 2. The first-order valence-corrected chi connectivity index (χ1v) is 10.2. The van der Waals surface area contributed by atoms with E-state index in [9.17, 15) is 0 Å². The Morgan fingerprint density at radius 1 is 1.04 bits per heavy atom. The highest BCUT2D eigenvalue weighted by molar-refractivity contribution is 7.99. The van der Waals surface area contributed by atoms with Gasteiger partial charge in [-0.05, 0) is 33.6 Å². The number of aromatic nitrogens is 3. The lowest BCUT2D eigenvalue weighted by molar-refractivity contribution is 0.185. The van der Waals surface area contributed by atoms with Gasteiger partial charge in [0.25, 0.3) is 0 Å². The minimum atomic E-state index is 0.765. The predicted octanol–water partition coefficient (Wildman–Crippen LogP) is 2.67. The molecule has 0 bridgehead atoms. The van der Waals surface area contributed by atoms with Gasteiger partial charge in [0, 0.05) is 61.1 Å². The van der Waals surface area contributed by atoms with Crippen molar-refractivity contribution in [3.05, 3.63) is 23.0 Å². The molecule has 0 radical (unpaired) electrons. The molecule has 2 aliphatic heterocycles. The number of anilines is 1. The highest BCUT2D eigenvalue weighted by atomic mass is 32.2. The highest BCUT2D eigenvalue weighted by Crippen LogP contribution is 2.26. The molecular formula is C18H27N5S. The van der Waals surface area contributed by atoms with Crippen LogP contribution in [0.1, 0.15) is 29.8 Å². The normalized spacial score (nSPS) is 20.9. The molecule has 2 aromatic rings. The minimum Gasteiger partial charge on any atom is -0.356 e. The van der Waals surface area contributed by atoms with Crippen LogP contribution >= 0.6 is 11.8 Å². The van der Waals surface area contributed by atoms with Crippen LogP contribution in [0.5, 0.6) is 0 Å². The van der Waals surface area contributed by atoms with E-state index in [2.05, 4.69) is 52.9 Å². The molecule has 0 unspecified atom stereocenters. The topological polar surface area (TPSA) is 36.7 Å². The summed E-state index contributed by atoms with van der Waals surface area (Å²) in [5.41, 5.74) is 4.36. The summed E-state index contributed by atoms with van der Waals surface area (Å²) in [6.45, 7) is 11.0. The van der Waals surface area contributed by atoms with Gasteiger partial charge in [-0.15, -0.1) is 0 Å². The van der Waals surface area contributed by atoms with Crippen molar-refractivity contribution in [3.63, 3.8) is 0 Å². The van der Waals surface area contributed by atoms with Crippen molar-refractivity contribution in [2.24, 2.45) is 0 Å². The van der Waals surface area contributed by atoms with Gasteiger partial charge in [-0.3, -0.25) is 4.90 Å². The smallest absolute Gasteiger partial charge is 0.160 e. The zero-order valence-electron chi connectivity index (χ0n) is 15.0. The number of hydrogen-bond donors (Lipinski definition) is 0. The molecule has 24 heavy (non-hydrogen) atoms. The number of thioether (sulfide) groups is 1. The Balaban J connectivity index is 1.55. The van der Waals surface area contributed by atoms with Gasteiger partial charge in [-0.25, -0.2) is 4.98 Å². The summed E-state index contributed by atoms with van der Waals surface area (Å²) in [5.74, 6) is 3.81. The second kappa shape index (κ2) is 6.56. The van der Waals surface area contributed by atoms with Gasteiger partial charge in [0.05, 0.1) is 5.69 Å². The van der Waals surface area contributed by atoms with Gasteiger partial charge < -0.3 is 4.90 Å². The summed E-state index contributed by atoms with van der Waals surface area (Å²) >= 11 is 2.10. The monoisotopic (exact) mass is 345 g/mol. The van der Waals surface area contributed by atoms with Crippen molar-refractivity contribution >= 4 is 23.2 Å². The van der Waals surface area contributed by atoms with E-state index in [4.69, 9.17) is 10.1 Å². The maximum Gasteiger partial charge on any atom is 0.160 e. The molecule has 5 nitrogen and oxygen atoms in total. The molecule has 0 atom stereocenters. The van der Waals surface area contributed by atoms with Gasteiger partial charge in [-0.1, -0.05) is 0 Å². The third-order valence-corrected chi connectivity index (χ3v) is 6.46. The molecule has 0 aromatic carbocycles. The molecule has 2 aliphatic rings. The first kappa shape index (κ1) is 16.2. The molecule has 4 rings (SSSR count). The molecule has 4 heterocycles. The van der Waals surface area contributed by atoms with Gasteiger partial charge in [0.2, 0.25) is 0 Å². The van der Waals surface area contributed by atoms with Crippen molar-refractivity contribution in [2.45, 2.75) is 39.7 Å². The average Bonchev–Trinajstić information content (AvgIpc) is 2.90. The number of fused-ring (bicyclic) bond motifs is 1. The predicted molar refractivity (Wildman–Crippen MR) is 101 cm³/mol. The Hall–Kier alpha value is -1.27. The lowest BCUT2D eigenvalue weighted by Crippen LogP contribution is -2.48. The fourth-order valence-corrected chi connectivity index (χ4v) is 4.89. The first-order valence-electron chi connectivity index (χ1n) is 9.04. The van der Waals surface area contributed by atoms with E-state index in [1.165, 1.54) is 48.8 Å². The van der Waals surface area contributed by atoms with Crippen LogP contribution in [0, 0.1) is 20.8 Å². The van der Waals surface area contributed by atoms with E-state index < -0.39 is 0 Å². The zero-order valence-corrected chi connectivity index (χ0v) is 15.8. The van der Waals surface area contributed by atoms with Crippen LogP contribution in [0.4, 0.5) is 5.82 Å². The van der Waals surface area contributed by atoms with Crippen LogP contribution in [-0.4, -0.2) is 63.2 Å². The van der Waals surface area contributed by atoms with Crippen LogP contribution in [0.3, 0.4) is 0 Å². The highest BCUT2D eigenvalue weighted by Gasteiger charge is 2.27. The summed E-state index contributed by atoms with van der Waals surface area (Å²) in [4.78, 5) is 9.92. The number of aryl methyl sites for hydroxylation is 3. The molecule has 0 aliphatic carbocycles. The molecule has 2 fully saturated rings. The molecule has 130 valence electrons. The first-order chi connectivity index (χ1) is 11.6. The second-order valence-corrected chi connectivity index (χ2v) is 8.29. The maximum atomic E-state index is 4.74. The van der Waals surface area contributed by atoms with E-state index in [0.717, 1.165) is 36.2 Å². The quantitative estimate of drug-likeness (QED) is 0.836. The summed E-state index contributed by atoms with van der Waals surface area (Å²) in [6.07, 6.45) is 2.51. The van der Waals surface area contributed by atoms with Gasteiger partial charge in [0.15, 0.2) is 5.65 Å². The van der Waals surface area contributed by atoms with Crippen molar-refractivity contribution in [1.82, 2.24) is 19.5 Å². The van der Waals surface area contributed by atoms with E-state index in [-0.39, 0.29) is 0 Å². The molecule has 6 heteroatoms. The third-order valence-electron chi connectivity index (χ3n) is 5.52. The molecule has 0 spiro atoms. The summed E-state index contributed by atoms with van der Waals surface area (Å²) in [6, 6.07) is 2.96. The lowest BCUT2D eigenvalue weighted by Gasteiger charge is -2.40. The van der Waals surface area contributed by atoms with Crippen LogP contribution < -0.4 is 4.90 Å². The van der Waals surface area contributed by atoms with Crippen LogP contribution in [0.15, 0.2) is 6.07 Å². The van der Waals surface area contributed by atoms with Crippen LogP contribution in [0.25, 0.3) is 5.65 Å². The SMILES string of the molecule is Cc1cc(N2CCC(N3CCSCC3)CC2)n2nc(C)c(C)c2n1. The largest absolute Gasteiger partial charge is 0.356 e. The summed E-state index contributed by atoms with van der Waals surface area (Å²) in [5, 5.41) is 4.74. The number of nitrogens with zero attached hydrogens (tertiary/aromatic N) is 5. The van der Waals surface area contributed by atoms with E-state index >= 15 is 0 Å². The Labute approximate surface area is 148 Å². The third kappa shape index (κ3) is 2.90. The standard InChI is InChI=1S/C18H27N5S/c1-13-12-17(23-18(19-13)14(2)15(3)20-23)22-6-4-16(5-7-22)21-8-10-24-11-9-21/h12,16H,4-11H2,1-3H3. The van der Waals surface area contributed by atoms with Crippen LogP contribution in [0.2, 0.25) is 0 Å². The Morgan fingerprint density at radius 3 is 2.46 bits per heavy atom. The molecule has 0 amide bonds. The maximum absolute atomic E-state index is 4.74. The van der Waals surface area contributed by atoms with E-state index in [0.29, 0.717) is 0 Å².